The van der Waals surface area contributed by atoms with Crippen LogP contribution in [-0.4, -0.2) is 18.4 Å². The molecule has 3 N–H and O–H groups in total. The van der Waals surface area contributed by atoms with Crippen molar-refractivity contribution in [2.75, 3.05) is 6.54 Å². The van der Waals surface area contributed by atoms with Crippen molar-refractivity contribution >= 4 is 11.8 Å². The Labute approximate surface area is 96.0 Å². The molecule has 2 aliphatic rings. The Kier molecular flexibility index (Phi) is 2.91. The Morgan fingerprint density at radius 3 is 2.62 bits per heavy atom. The molecular weight excluding hydrogens is 204 g/mol. The molecule has 90 valence electrons. The maximum atomic E-state index is 11.8. The number of fused-ring (bicyclic) bond motifs is 1. The monoisotopic (exact) mass is 224 g/mol. The van der Waals surface area contributed by atoms with Crippen molar-refractivity contribution in [2.24, 2.45) is 35.3 Å². The Morgan fingerprint density at radius 1 is 1.31 bits per heavy atom. The molecule has 0 saturated heterocycles. The van der Waals surface area contributed by atoms with Crippen molar-refractivity contribution in [2.45, 2.75) is 26.7 Å². The molecule has 0 aromatic rings. The highest BCUT2D eigenvalue weighted by Crippen LogP contribution is 2.59. The third-order valence-corrected chi connectivity index (χ3v) is 4.07. The molecular formula is C12H20N2O2. The van der Waals surface area contributed by atoms with E-state index >= 15 is 0 Å². The largest absolute Gasteiger partial charge is 0.368 e. The third-order valence-electron chi connectivity index (χ3n) is 4.07. The van der Waals surface area contributed by atoms with E-state index in [1.165, 1.54) is 6.42 Å². The van der Waals surface area contributed by atoms with Crippen LogP contribution in [0.3, 0.4) is 0 Å². The average Bonchev–Trinajstić information content (AvgIpc) is 2.88. The SMILES string of the molecule is CC1CC(C)C2C(C1)C2C(=O)NCC(N)=O. The Bertz CT molecular complexity index is 316. The number of nitrogens with two attached hydrogens (primary N) is 1. The minimum Gasteiger partial charge on any atom is -0.368 e. The van der Waals surface area contributed by atoms with Crippen LogP contribution < -0.4 is 11.1 Å². The minimum atomic E-state index is -0.474. The van der Waals surface area contributed by atoms with Crippen LogP contribution >= 0.6 is 0 Å². The summed E-state index contributed by atoms with van der Waals surface area (Å²) >= 11 is 0. The van der Waals surface area contributed by atoms with Gasteiger partial charge in [-0.05, 0) is 36.5 Å². The van der Waals surface area contributed by atoms with Gasteiger partial charge in [-0.2, -0.15) is 0 Å². The normalized spacial score (nSPS) is 41.0. The van der Waals surface area contributed by atoms with Gasteiger partial charge < -0.3 is 11.1 Å². The van der Waals surface area contributed by atoms with E-state index in [9.17, 15) is 9.59 Å². The molecule has 16 heavy (non-hydrogen) atoms. The van der Waals surface area contributed by atoms with Crippen LogP contribution in [0, 0.1) is 29.6 Å². The number of carbonyl (C=O) groups excluding carboxylic acids is 2. The Morgan fingerprint density at radius 2 is 2.00 bits per heavy atom. The van der Waals surface area contributed by atoms with Gasteiger partial charge in [-0.15, -0.1) is 0 Å². The summed E-state index contributed by atoms with van der Waals surface area (Å²) in [7, 11) is 0. The van der Waals surface area contributed by atoms with Crippen LogP contribution in [-0.2, 0) is 9.59 Å². The van der Waals surface area contributed by atoms with Crippen LogP contribution in [0.2, 0.25) is 0 Å². The second-order valence-electron chi connectivity index (χ2n) is 5.50. The van der Waals surface area contributed by atoms with E-state index in [0.29, 0.717) is 17.8 Å². The molecule has 2 saturated carbocycles. The van der Waals surface area contributed by atoms with Gasteiger partial charge in [0.1, 0.15) is 0 Å². The summed E-state index contributed by atoms with van der Waals surface area (Å²) in [6, 6.07) is 0. The van der Waals surface area contributed by atoms with E-state index in [0.717, 1.165) is 12.3 Å². The van der Waals surface area contributed by atoms with Crippen molar-refractivity contribution in [3.05, 3.63) is 0 Å². The van der Waals surface area contributed by atoms with E-state index in [2.05, 4.69) is 19.2 Å². The molecule has 0 radical (unpaired) electrons. The van der Waals surface area contributed by atoms with Gasteiger partial charge in [0, 0.05) is 5.92 Å². The van der Waals surface area contributed by atoms with Gasteiger partial charge in [0.15, 0.2) is 0 Å². The van der Waals surface area contributed by atoms with E-state index < -0.39 is 5.91 Å². The molecule has 0 aromatic carbocycles. The first-order valence-electron chi connectivity index (χ1n) is 6.06. The van der Waals surface area contributed by atoms with Gasteiger partial charge in [-0.3, -0.25) is 9.59 Å². The second-order valence-corrected chi connectivity index (χ2v) is 5.50. The summed E-state index contributed by atoms with van der Waals surface area (Å²) in [6.45, 7) is 4.46. The van der Waals surface area contributed by atoms with Gasteiger partial charge in [0.2, 0.25) is 11.8 Å². The van der Waals surface area contributed by atoms with Crippen molar-refractivity contribution in [1.29, 1.82) is 0 Å². The van der Waals surface area contributed by atoms with Crippen LogP contribution in [0.25, 0.3) is 0 Å². The van der Waals surface area contributed by atoms with Gasteiger partial charge in [0.05, 0.1) is 6.54 Å². The van der Waals surface area contributed by atoms with Crippen LogP contribution in [0.15, 0.2) is 0 Å². The summed E-state index contributed by atoms with van der Waals surface area (Å²) < 4.78 is 0. The highest BCUT2D eigenvalue weighted by atomic mass is 16.2. The summed E-state index contributed by atoms with van der Waals surface area (Å²) in [4.78, 5) is 22.4. The molecule has 5 unspecified atom stereocenters. The first-order chi connectivity index (χ1) is 7.50. The van der Waals surface area contributed by atoms with Gasteiger partial charge in [0.25, 0.3) is 0 Å². The standard InChI is InChI=1S/C12H20N2O2/c1-6-3-7(2)10-8(4-6)11(10)12(16)14-5-9(13)15/h6-8,10-11H,3-5H2,1-2H3,(H2,13,15)(H,14,16). The van der Waals surface area contributed by atoms with E-state index in [1.807, 2.05) is 0 Å². The van der Waals surface area contributed by atoms with Crippen molar-refractivity contribution in [3.8, 4) is 0 Å². The molecule has 2 fully saturated rings. The van der Waals surface area contributed by atoms with Crippen LogP contribution in [0.5, 0.6) is 0 Å². The summed E-state index contributed by atoms with van der Waals surface area (Å²) in [5.74, 6) is 2.14. The van der Waals surface area contributed by atoms with Gasteiger partial charge in [-0.25, -0.2) is 0 Å². The van der Waals surface area contributed by atoms with Crippen molar-refractivity contribution in [3.63, 3.8) is 0 Å². The van der Waals surface area contributed by atoms with Crippen molar-refractivity contribution in [1.82, 2.24) is 5.32 Å². The molecule has 4 heteroatoms. The van der Waals surface area contributed by atoms with E-state index in [4.69, 9.17) is 5.73 Å². The lowest BCUT2D eigenvalue weighted by atomic mass is 9.84. The predicted octanol–water partition coefficient (Wildman–Crippen LogP) is 0.516. The molecule has 0 spiro atoms. The maximum absolute atomic E-state index is 11.8. The van der Waals surface area contributed by atoms with Crippen molar-refractivity contribution < 1.29 is 9.59 Å². The molecule has 2 amide bonds. The first-order valence-corrected chi connectivity index (χ1v) is 6.06. The zero-order chi connectivity index (χ0) is 11.9. The summed E-state index contributed by atoms with van der Waals surface area (Å²) in [5.41, 5.74) is 5.00. The highest BCUT2D eigenvalue weighted by Gasteiger charge is 2.58. The third kappa shape index (κ3) is 2.06. The number of nitrogens with one attached hydrogen (secondary N) is 1. The fraction of sp³-hybridized carbons (Fsp3) is 0.833. The number of hydrogen-bond acceptors (Lipinski definition) is 2. The molecule has 5 atom stereocenters. The Hall–Kier alpha value is -1.06. The van der Waals surface area contributed by atoms with Gasteiger partial charge >= 0.3 is 0 Å². The average molecular weight is 224 g/mol. The molecule has 0 aromatic heterocycles. The molecule has 0 heterocycles. The number of rotatable bonds is 3. The predicted molar refractivity (Wildman–Crippen MR) is 60.2 cm³/mol. The lowest BCUT2D eigenvalue weighted by Crippen LogP contribution is -2.34. The second kappa shape index (κ2) is 4.07. The Balaban J connectivity index is 1.88. The quantitative estimate of drug-likeness (QED) is 0.733. The zero-order valence-electron chi connectivity index (χ0n) is 9.90. The lowest BCUT2D eigenvalue weighted by molar-refractivity contribution is -0.126. The molecule has 2 rings (SSSR count). The fourth-order valence-electron chi connectivity index (χ4n) is 3.49. The topological polar surface area (TPSA) is 72.2 Å². The smallest absolute Gasteiger partial charge is 0.236 e. The maximum Gasteiger partial charge on any atom is 0.236 e. The summed E-state index contributed by atoms with van der Waals surface area (Å²) in [6.07, 6.45) is 2.38. The van der Waals surface area contributed by atoms with Gasteiger partial charge in [-0.1, -0.05) is 13.8 Å². The minimum absolute atomic E-state index is 0.0229. The van der Waals surface area contributed by atoms with Crippen LogP contribution in [0.4, 0.5) is 0 Å². The highest BCUT2D eigenvalue weighted by molar-refractivity contribution is 5.87. The fourth-order valence-corrected chi connectivity index (χ4v) is 3.49. The molecule has 2 aliphatic carbocycles. The zero-order valence-corrected chi connectivity index (χ0v) is 9.90. The number of hydrogen-bond donors (Lipinski definition) is 2. The molecule has 0 aliphatic heterocycles. The summed E-state index contributed by atoms with van der Waals surface area (Å²) in [5, 5.41) is 2.62. The number of carbonyl (C=O) groups is 2. The van der Waals surface area contributed by atoms with Crippen LogP contribution in [0.1, 0.15) is 26.7 Å². The number of amides is 2. The lowest BCUT2D eigenvalue weighted by Gasteiger charge is -2.22. The number of primary amides is 1. The van der Waals surface area contributed by atoms with E-state index in [-0.39, 0.29) is 18.4 Å². The molecule has 4 nitrogen and oxygen atoms in total. The first kappa shape index (κ1) is 11.4. The molecule has 0 bridgehead atoms. The van der Waals surface area contributed by atoms with E-state index in [1.54, 1.807) is 0 Å².